The molecule has 8 saturated carbocycles. The molecule has 68 heavy (non-hydrogen) atoms. The van der Waals surface area contributed by atoms with E-state index in [0.29, 0.717) is 10.8 Å². The first-order valence-electron chi connectivity index (χ1n) is 26.3. The van der Waals surface area contributed by atoms with Gasteiger partial charge in [-0.3, -0.25) is 0 Å². The SMILES string of the molecule is CCC[Si]C.[Cl][Zr+2][Cl].c1ccc2c(-c3cccc4[cH-]c(CC56CC7CC(CC(C7)C5)C6)cc34)cccc2c1.c1ccc2c(-c3cccc4[cH-]c(CC56CC7CC(CC(C7)C5)C6)cc34)cccc2c1. The molecule has 0 atom stereocenters. The van der Waals surface area contributed by atoms with Gasteiger partial charge in [0.05, 0.1) is 0 Å². The fourth-order valence-electron chi connectivity index (χ4n) is 16.3. The van der Waals surface area contributed by atoms with Crippen LogP contribution in [0.4, 0.5) is 0 Å². The number of hydrogen-bond donors (Lipinski definition) is 0. The summed E-state index contributed by atoms with van der Waals surface area (Å²) in [7, 11) is 11.0. The Balaban J connectivity index is 0.000000129. The molecule has 0 aliphatic heterocycles. The van der Waals surface area contributed by atoms with Gasteiger partial charge in [0.15, 0.2) is 0 Å². The van der Waals surface area contributed by atoms with Gasteiger partial charge in [0.2, 0.25) is 0 Å². The first kappa shape index (κ1) is 47.1. The summed E-state index contributed by atoms with van der Waals surface area (Å²) < 4.78 is 0. The van der Waals surface area contributed by atoms with Gasteiger partial charge in [-0.2, -0.15) is 12.1 Å². The molecular weight excluding hydrogens is 959 g/mol. The largest absolute Gasteiger partial charge is 0.164 e. The molecule has 8 aromatic rings. The number of rotatable bonds is 8. The van der Waals surface area contributed by atoms with Crippen LogP contribution >= 0.6 is 17.0 Å². The van der Waals surface area contributed by atoms with Gasteiger partial charge < -0.3 is 0 Å². The zero-order valence-corrected chi connectivity index (χ0v) is 45.4. The van der Waals surface area contributed by atoms with Gasteiger partial charge in [-0.25, -0.2) is 0 Å². The van der Waals surface area contributed by atoms with E-state index >= 15 is 0 Å². The fourth-order valence-corrected chi connectivity index (χ4v) is 16.8. The van der Waals surface area contributed by atoms with Crippen LogP contribution in [0.1, 0.15) is 102 Å². The van der Waals surface area contributed by atoms with Crippen molar-refractivity contribution in [2.24, 2.45) is 46.3 Å². The van der Waals surface area contributed by atoms with E-state index in [1.165, 1.54) is 168 Å². The van der Waals surface area contributed by atoms with Crippen LogP contribution in [0.15, 0.2) is 146 Å². The van der Waals surface area contributed by atoms with E-state index in [1.54, 1.807) is 11.1 Å². The molecule has 8 fully saturated rings. The Morgan fingerprint density at radius 2 is 0.794 bits per heavy atom. The number of benzene rings is 6. The van der Waals surface area contributed by atoms with Gasteiger partial charge in [-0.1, -0.05) is 134 Å². The minimum absolute atomic E-state index is 0.610. The molecule has 0 heterocycles. The van der Waals surface area contributed by atoms with Crippen molar-refractivity contribution in [3.8, 4) is 22.3 Å². The van der Waals surface area contributed by atoms with E-state index in [4.69, 9.17) is 17.0 Å². The topological polar surface area (TPSA) is 0 Å². The summed E-state index contributed by atoms with van der Waals surface area (Å²) in [5, 5.41) is 11.1. The fraction of sp³-hybridized carbons (Fsp3) is 0.406. The van der Waals surface area contributed by atoms with Crippen LogP contribution in [-0.2, 0) is 33.7 Å². The smallest absolute Gasteiger partial charge is 0.0114 e. The molecule has 2 radical (unpaired) electrons. The van der Waals surface area contributed by atoms with Gasteiger partial charge in [0.25, 0.3) is 0 Å². The van der Waals surface area contributed by atoms with Crippen molar-refractivity contribution < 1.29 is 20.8 Å². The van der Waals surface area contributed by atoms with Crippen LogP contribution in [-0.4, -0.2) is 9.52 Å². The maximum Gasteiger partial charge on any atom is -0.0114 e. The summed E-state index contributed by atoms with van der Waals surface area (Å²) in [4.78, 5) is 0. The van der Waals surface area contributed by atoms with Crippen molar-refractivity contribution in [3.05, 3.63) is 157 Å². The zero-order valence-electron chi connectivity index (χ0n) is 40.4. The third-order valence-electron chi connectivity index (χ3n) is 17.8. The first-order chi connectivity index (χ1) is 33.3. The Hall–Kier alpha value is -3.26. The van der Waals surface area contributed by atoms with Crippen molar-refractivity contribution in [1.82, 2.24) is 0 Å². The molecule has 0 saturated heterocycles. The first-order valence-corrected chi connectivity index (χ1v) is 34.3. The molecule has 0 N–H and O–H groups in total. The summed E-state index contributed by atoms with van der Waals surface area (Å²) in [5.74, 6) is 6.20. The standard InChI is InChI=1S/2C30H29.C4H10Si.2ClH.Zr/c2*1-2-8-26-24(5-1)6-3-9-27(26)28-10-4-7-25-14-23(15-29(25)28)19-30-16-20-11-21(17-30)13-22(12-20)18-30;1-3-4-5-2;;;/h2*1-10,14-15,20-22H,11-13,16-19H2;3-4H2,1-2H3;2*1H;/q2*-1;;;;+4/p-2. The maximum atomic E-state index is 4.93. The van der Waals surface area contributed by atoms with E-state index in [-0.39, 0.29) is 0 Å². The van der Waals surface area contributed by atoms with Crippen LogP contribution in [0.3, 0.4) is 0 Å². The van der Waals surface area contributed by atoms with Crippen molar-refractivity contribution in [3.63, 3.8) is 0 Å². The van der Waals surface area contributed by atoms with Gasteiger partial charge >= 0.3 is 37.9 Å². The summed E-state index contributed by atoms with van der Waals surface area (Å²) >= 11 is -0.826. The second kappa shape index (κ2) is 20.5. The second-order valence-electron chi connectivity index (χ2n) is 22.8. The summed E-state index contributed by atoms with van der Waals surface area (Å²) in [6.45, 7) is 4.46. The molecular formula is C64H68Cl2SiZr. The average molecular weight is 1030 g/mol. The summed E-state index contributed by atoms with van der Waals surface area (Å²) in [5.41, 5.74) is 9.90. The van der Waals surface area contributed by atoms with Crippen LogP contribution in [0.2, 0.25) is 12.6 Å². The minimum atomic E-state index is -0.826. The number of fused-ring (bicyclic) bond motifs is 4. The van der Waals surface area contributed by atoms with Crippen molar-refractivity contribution in [2.45, 2.75) is 116 Å². The quantitative estimate of drug-likeness (QED) is 0.105. The van der Waals surface area contributed by atoms with E-state index < -0.39 is 20.8 Å². The van der Waals surface area contributed by atoms with Gasteiger partial charge in [-0.15, -0.1) is 69.1 Å². The van der Waals surface area contributed by atoms with E-state index in [9.17, 15) is 0 Å². The van der Waals surface area contributed by atoms with E-state index in [1.807, 2.05) is 0 Å². The van der Waals surface area contributed by atoms with E-state index in [0.717, 1.165) is 45.0 Å². The van der Waals surface area contributed by atoms with Gasteiger partial charge in [0, 0.05) is 9.52 Å². The Morgan fingerprint density at radius 3 is 1.13 bits per heavy atom. The molecule has 0 amide bonds. The molecule has 0 spiro atoms. The van der Waals surface area contributed by atoms with E-state index in [2.05, 4.69) is 159 Å². The maximum absolute atomic E-state index is 4.93. The zero-order chi connectivity index (χ0) is 46.2. The molecule has 0 nitrogen and oxygen atoms in total. The van der Waals surface area contributed by atoms with Crippen molar-refractivity contribution in [1.29, 1.82) is 0 Å². The van der Waals surface area contributed by atoms with Crippen LogP contribution in [0.5, 0.6) is 0 Å². The average Bonchev–Trinajstić information content (AvgIpc) is 3.94. The minimum Gasteiger partial charge on any atom is -0.164 e. The van der Waals surface area contributed by atoms with Gasteiger partial charge in [-0.05, 0) is 169 Å². The molecule has 346 valence electrons. The van der Waals surface area contributed by atoms with Crippen LogP contribution in [0, 0.1) is 46.3 Å². The Kier molecular flexibility index (Phi) is 14.2. The van der Waals surface area contributed by atoms with Crippen molar-refractivity contribution in [2.75, 3.05) is 0 Å². The monoisotopic (exact) mass is 1020 g/mol. The molecule has 8 aliphatic rings. The van der Waals surface area contributed by atoms with Gasteiger partial charge in [0.1, 0.15) is 0 Å². The van der Waals surface area contributed by atoms with Crippen LogP contribution in [0.25, 0.3) is 65.3 Å². The normalized spacial score (nSPS) is 27.1. The molecule has 0 aromatic heterocycles. The number of hydrogen-bond acceptors (Lipinski definition) is 0. The summed E-state index contributed by atoms with van der Waals surface area (Å²) in [6.07, 6.45) is 22.2. The summed E-state index contributed by atoms with van der Waals surface area (Å²) in [6, 6.07) is 56.3. The third-order valence-corrected chi connectivity index (χ3v) is 18.8. The molecule has 8 aromatic carbocycles. The third kappa shape index (κ3) is 9.73. The molecule has 4 heteroatoms. The van der Waals surface area contributed by atoms with Crippen LogP contribution < -0.4 is 0 Å². The Morgan fingerprint density at radius 1 is 0.471 bits per heavy atom. The molecule has 16 rings (SSSR count). The predicted octanol–water partition coefficient (Wildman–Crippen LogP) is 19.2. The molecule has 0 unspecified atom stereocenters. The Labute approximate surface area is 428 Å². The number of halogens is 2. The van der Waals surface area contributed by atoms with Crippen molar-refractivity contribution >= 4 is 69.6 Å². The Bertz CT molecular complexity index is 2720. The second-order valence-corrected chi connectivity index (χ2v) is 27.7. The molecule has 8 aliphatic carbocycles. The predicted molar refractivity (Wildman–Crippen MR) is 292 cm³/mol. The molecule has 8 bridgehead atoms.